The van der Waals surface area contributed by atoms with E-state index in [0.29, 0.717) is 23.5 Å². The summed E-state index contributed by atoms with van der Waals surface area (Å²) in [6, 6.07) is 18.1. The second-order valence-corrected chi connectivity index (χ2v) is 8.76. The van der Waals surface area contributed by atoms with Crippen LogP contribution in [0.4, 0.5) is 11.4 Å². The Morgan fingerprint density at radius 2 is 1.70 bits per heavy atom. The second kappa shape index (κ2) is 12.6. The number of nitrogens with zero attached hydrogens (tertiary/aromatic N) is 1. The Labute approximate surface area is 221 Å². The van der Waals surface area contributed by atoms with E-state index in [1.807, 2.05) is 57.2 Å². The molecule has 3 aromatic rings. The molecule has 0 spiro atoms. The Morgan fingerprint density at radius 1 is 0.973 bits per heavy atom. The molecule has 3 rings (SSSR count). The molecular weight excluding hydrogens is 490 g/mol. The fourth-order valence-electron chi connectivity index (χ4n) is 3.49. The molecule has 0 atom stereocenters. The van der Waals surface area contributed by atoms with Gasteiger partial charge in [-0.2, -0.15) is 5.26 Å². The van der Waals surface area contributed by atoms with E-state index in [2.05, 4.69) is 10.6 Å². The maximum Gasteiger partial charge on any atom is 0.266 e. The summed E-state index contributed by atoms with van der Waals surface area (Å²) in [4.78, 5) is 25.2. The van der Waals surface area contributed by atoms with Crippen LogP contribution in [-0.4, -0.2) is 25.0 Å². The standard InChI is InChI=1S/C29H28ClN3O4/c1-5-36-26-15-21(13-22(16-31)29(35)33-24-9-7-6-8-19(24)3)14-23(30)28(26)37-17-27(34)32-25-12-18(2)10-11-20(25)4/h6-15H,5,17H2,1-4H3,(H,32,34)(H,33,35)/b22-13-. The van der Waals surface area contributed by atoms with Crippen LogP contribution in [0.15, 0.2) is 60.2 Å². The molecule has 0 aromatic heterocycles. The van der Waals surface area contributed by atoms with Gasteiger partial charge in [-0.1, -0.05) is 41.9 Å². The lowest BCUT2D eigenvalue weighted by atomic mass is 10.1. The van der Waals surface area contributed by atoms with Crippen LogP contribution in [0.1, 0.15) is 29.2 Å². The monoisotopic (exact) mass is 517 g/mol. The van der Waals surface area contributed by atoms with Crippen LogP contribution < -0.4 is 20.1 Å². The number of para-hydroxylation sites is 1. The van der Waals surface area contributed by atoms with Crippen molar-refractivity contribution in [1.29, 1.82) is 5.26 Å². The van der Waals surface area contributed by atoms with Gasteiger partial charge in [0.2, 0.25) is 0 Å². The zero-order valence-corrected chi connectivity index (χ0v) is 21.9. The minimum absolute atomic E-state index is 0.108. The van der Waals surface area contributed by atoms with E-state index in [1.165, 1.54) is 6.08 Å². The lowest BCUT2D eigenvalue weighted by molar-refractivity contribution is -0.118. The number of hydrogen-bond acceptors (Lipinski definition) is 5. The van der Waals surface area contributed by atoms with Crippen LogP contribution in [0.25, 0.3) is 6.08 Å². The highest BCUT2D eigenvalue weighted by Gasteiger charge is 2.16. The molecule has 0 fully saturated rings. The molecule has 0 saturated heterocycles. The predicted molar refractivity (Wildman–Crippen MR) is 146 cm³/mol. The first-order valence-corrected chi connectivity index (χ1v) is 12.0. The number of amides is 2. The summed E-state index contributed by atoms with van der Waals surface area (Å²) in [6.07, 6.45) is 1.42. The van der Waals surface area contributed by atoms with Gasteiger partial charge in [-0.15, -0.1) is 0 Å². The van der Waals surface area contributed by atoms with Crippen LogP contribution >= 0.6 is 11.6 Å². The van der Waals surface area contributed by atoms with E-state index in [1.54, 1.807) is 31.2 Å². The molecule has 7 nitrogen and oxygen atoms in total. The molecule has 8 heteroatoms. The van der Waals surface area contributed by atoms with Gasteiger partial charge in [0.25, 0.3) is 11.8 Å². The highest BCUT2D eigenvalue weighted by Crippen LogP contribution is 2.37. The van der Waals surface area contributed by atoms with Crippen LogP contribution in [-0.2, 0) is 9.59 Å². The highest BCUT2D eigenvalue weighted by atomic mass is 35.5. The molecule has 0 aliphatic heterocycles. The summed E-state index contributed by atoms with van der Waals surface area (Å²) in [7, 11) is 0. The van der Waals surface area contributed by atoms with Crippen molar-refractivity contribution in [3.05, 3.63) is 87.4 Å². The van der Waals surface area contributed by atoms with E-state index in [-0.39, 0.29) is 34.6 Å². The molecular formula is C29H28ClN3O4. The molecule has 0 heterocycles. The number of rotatable bonds is 9. The van der Waals surface area contributed by atoms with Gasteiger partial charge in [0.05, 0.1) is 11.6 Å². The van der Waals surface area contributed by atoms with Crippen LogP contribution in [0.3, 0.4) is 0 Å². The first kappa shape index (κ1) is 27.3. The molecule has 2 N–H and O–H groups in total. The summed E-state index contributed by atoms with van der Waals surface area (Å²) in [5.74, 6) is -0.415. The van der Waals surface area contributed by atoms with Gasteiger partial charge in [0.1, 0.15) is 11.6 Å². The molecule has 3 aromatic carbocycles. The van der Waals surface area contributed by atoms with Gasteiger partial charge in [0.15, 0.2) is 18.1 Å². The summed E-state index contributed by atoms with van der Waals surface area (Å²) in [5, 5.41) is 15.3. The fraction of sp³-hybridized carbons (Fsp3) is 0.207. The average Bonchev–Trinajstić information content (AvgIpc) is 2.85. The van der Waals surface area contributed by atoms with E-state index >= 15 is 0 Å². The van der Waals surface area contributed by atoms with Crippen molar-refractivity contribution in [3.63, 3.8) is 0 Å². The molecule has 0 unspecified atom stereocenters. The third-order valence-corrected chi connectivity index (χ3v) is 5.70. The van der Waals surface area contributed by atoms with Gasteiger partial charge in [-0.05, 0) is 80.3 Å². The summed E-state index contributed by atoms with van der Waals surface area (Å²) in [5.41, 5.74) is 4.51. The molecule has 0 radical (unpaired) electrons. The maximum atomic E-state index is 12.7. The number of hydrogen-bond donors (Lipinski definition) is 2. The predicted octanol–water partition coefficient (Wildman–Crippen LogP) is 6.23. The lowest BCUT2D eigenvalue weighted by Gasteiger charge is -2.15. The molecule has 0 aliphatic rings. The quantitative estimate of drug-likeness (QED) is 0.259. The van der Waals surface area contributed by atoms with Gasteiger partial charge in [-0.25, -0.2) is 0 Å². The topological polar surface area (TPSA) is 100 Å². The number of benzene rings is 3. The van der Waals surface area contributed by atoms with Crippen LogP contribution in [0.5, 0.6) is 11.5 Å². The zero-order chi connectivity index (χ0) is 26.9. The summed E-state index contributed by atoms with van der Waals surface area (Å²) in [6.45, 7) is 7.53. The van der Waals surface area contributed by atoms with Crippen molar-refractivity contribution in [2.24, 2.45) is 0 Å². The molecule has 0 saturated carbocycles. The van der Waals surface area contributed by atoms with E-state index < -0.39 is 5.91 Å². The van der Waals surface area contributed by atoms with Gasteiger partial charge in [0, 0.05) is 11.4 Å². The van der Waals surface area contributed by atoms with Crippen molar-refractivity contribution < 1.29 is 19.1 Å². The Hall–Kier alpha value is -4.28. The van der Waals surface area contributed by atoms with E-state index in [0.717, 1.165) is 16.7 Å². The normalized spacial score (nSPS) is 10.9. The van der Waals surface area contributed by atoms with Crippen molar-refractivity contribution in [2.45, 2.75) is 27.7 Å². The first-order chi connectivity index (χ1) is 17.7. The van der Waals surface area contributed by atoms with E-state index in [4.69, 9.17) is 21.1 Å². The molecule has 0 bridgehead atoms. The number of ether oxygens (including phenoxy) is 2. The Balaban J connectivity index is 1.79. The van der Waals surface area contributed by atoms with Crippen LogP contribution in [0, 0.1) is 32.1 Å². The third-order valence-electron chi connectivity index (χ3n) is 5.42. The minimum atomic E-state index is -0.547. The number of anilines is 2. The van der Waals surface area contributed by atoms with Crippen LogP contribution in [0.2, 0.25) is 5.02 Å². The first-order valence-electron chi connectivity index (χ1n) is 11.7. The van der Waals surface area contributed by atoms with Crippen molar-refractivity contribution in [1.82, 2.24) is 0 Å². The smallest absolute Gasteiger partial charge is 0.266 e. The van der Waals surface area contributed by atoms with Crippen molar-refractivity contribution >= 4 is 40.9 Å². The molecule has 37 heavy (non-hydrogen) atoms. The number of carbonyl (C=O) groups excluding carboxylic acids is 2. The average molecular weight is 518 g/mol. The van der Waals surface area contributed by atoms with Gasteiger partial charge in [-0.3, -0.25) is 9.59 Å². The van der Waals surface area contributed by atoms with Gasteiger partial charge >= 0.3 is 0 Å². The summed E-state index contributed by atoms with van der Waals surface area (Å²) >= 11 is 6.47. The van der Waals surface area contributed by atoms with Crippen molar-refractivity contribution in [3.8, 4) is 17.6 Å². The number of carbonyl (C=O) groups is 2. The largest absolute Gasteiger partial charge is 0.490 e. The Bertz CT molecular complexity index is 1390. The number of aryl methyl sites for hydroxylation is 3. The number of halogens is 1. The third kappa shape index (κ3) is 7.35. The fourth-order valence-corrected chi connectivity index (χ4v) is 3.76. The maximum absolute atomic E-state index is 12.7. The molecule has 190 valence electrons. The molecule has 0 aliphatic carbocycles. The number of nitriles is 1. The highest BCUT2D eigenvalue weighted by molar-refractivity contribution is 6.32. The van der Waals surface area contributed by atoms with Gasteiger partial charge < -0.3 is 20.1 Å². The Morgan fingerprint density at radius 3 is 2.41 bits per heavy atom. The zero-order valence-electron chi connectivity index (χ0n) is 21.1. The Kier molecular flexibility index (Phi) is 9.31. The SMILES string of the molecule is CCOc1cc(/C=C(/C#N)C(=O)Nc2ccccc2C)cc(Cl)c1OCC(=O)Nc1cc(C)ccc1C. The lowest BCUT2D eigenvalue weighted by Crippen LogP contribution is -2.21. The minimum Gasteiger partial charge on any atom is -0.490 e. The second-order valence-electron chi connectivity index (χ2n) is 8.36. The van der Waals surface area contributed by atoms with E-state index in [9.17, 15) is 14.9 Å². The molecule has 2 amide bonds. The van der Waals surface area contributed by atoms with Crippen molar-refractivity contribution in [2.75, 3.05) is 23.8 Å². The number of nitrogens with one attached hydrogen (secondary N) is 2. The summed E-state index contributed by atoms with van der Waals surface area (Å²) < 4.78 is 11.4.